The first-order chi connectivity index (χ1) is 8.61. The van der Waals surface area contributed by atoms with E-state index in [2.05, 4.69) is 17.5 Å². The van der Waals surface area contributed by atoms with Crippen molar-refractivity contribution in [1.82, 2.24) is 5.32 Å². The third-order valence-electron chi connectivity index (χ3n) is 4.12. The van der Waals surface area contributed by atoms with Gasteiger partial charge in [0.15, 0.2) is 0 Å². The lowest BCUT2D eigenvalue weighted by Gasteiger charge is -2.19. The summed E-state index contributed by atoms with van der Waals surface area (Å²) < 4.78 is 0. The SMILES string of the molecule is CCCC(CNC(=O)C1CC2C=CC1C2)C(=O)O. The zero-order valence-electron chi connectivity index (χ0n) is 10.8. The molecule has 1 fully saturated rings. The number of rotatable bonds is 6. The maximum absolute atomic E-state index is 12.0. The molecule has 2 rings (SSSR count). The molecular formula is C14H21NO3. The maximum Gasteiger partial charge on any atom is 0.308 e. The van der Waals surface area contributed by atoms with E-state index < -0.39 is 11.9 Å². The minimum Gasteiger partial charge on any atom is -0.481 e. The number of hydrogen-bond donors (Lipinski definition) is 2. The molecule has 2 aliphatic carbocycles. The molecular weight excluding hydrogens is 230 g/mol. The van der Waals surface area contributed by atoms with Crippen molar-refractivity contribution in [2.75, 3.05) is 6.54 Å². The Bertz CT molecular complexity index is 364. The maximum atomic E-state index is 12.0. The number of fused-ring (bicyclic) bond motifs is 2. The first kappa shape index (κ1) is 13.1. The molecule has 4 atom stereocenters. The topological polar surface area (TPSA) is 66.4 Å². The number of carboxylic acid groups (broad SMARTS) is 1. The second kappa shape index (κ2) is 5.55. The molecule has 0 aliphatic heterocycles. The fourth-order valence-corrected chi connectivity index (χ4v) is 3.10. The number of carbonyl (C=O) groups is 2. The molecule has 100 valence electrons. The Kier molecular flexibility index (Phi) is 4.04. The van der Waals surface area contributed by atoms with Crippen molar-refractivity contribution in [3.05, 3.63) is 12.2 Å². The molecule has 0 spiro atoms. The summed E-state index contributed by atoms with van der Waals surface area (Å²) in [7, 11) is 0. The fraction of sp³-hybridized carbons (Fsp3) is 0.714. The van der Waals surface area contributed by atoms with Crippen LogP contribution in [0.15, 0.2) is 12.2 Å². The Morgan fingerprint density at radius 2 is 2.17 bits per heavy atom. The molecule has 2 N–H and O–H groups in total. The van der Waals surface area contributed by atoms with Crippen molar-refractivity contribution >= 4 is 11.9 Å². The van der Waals surface area contributed by atoms with Crippen LogP contribution in [-0.2, 0) is 9.59 Å². The fourth-order valence-electron chi connectivity index (χ4n) is 3.10. The molecule has 0 aromatic rings. The molecule has 4 heteroatoms. The third-order valence-corrected chi connectivity index (χ3v) is 4.12. The van der Waals surface area contributed by atoms with Gasteiger partial charge < -0.3 is 10.4 Å². The molecule has 2 aliphatic rings. The van der Waals surface area contributed by atoms with Gasteiger partial charge in [-0.2, -0.15) is 0 Å². The predicted molar refractivity (Wildman–Crippen MR) is 67.9 cm³/mol. The largest absolute Gasteiger partial charge is 0.481 e. The summed E-state index contributed by atoms with van der Waals surface area (Å²) in [5, 5.41) is 11.8. The monoisotopic (exact) mass is 251 g/mol. The normalized spacial score (nSPS) is 30.4. The number of nitrogens with one attached hydrogen (secondary N) is 1. The van der Waals surface area contributed by atoms with Crippen LogP contribution in [0.5, 0.6) is 0 Å². The quantitative estimate of drug-likeness (QED) is 0.708. The van der Waals surface area contributed by atoms with Gasteiger partial charge in [-0.15, -0.1) is 0 Å². The number of aliphatic carboxylic acids is 1. The smallest absolute Gasteiger partial charge is 0.308 e. The summed E-state index contributed by atoms with van der Waals surface area (Å²) in [6, 6.07) is 0. The third kappa shape index (κ3) is 2.74. The highest BCUT2D eigenvalue weighted by molar-refractivity contribution is 5.80. The van der Waals surface area contributed by atoms with E-state index in [1.807, 2.05) is 6.92 Å². The van der Waals surface area contributed by atoms with E-state index in [1.54, 1.807) is 0 Å². The number of carbonyl (C=O) groups excluding carboxylic acids is 1. The Hall–Kier alpha value is -1.32. The zero-order valence-corrected chi connectivity index (χ0v) is 10.8. The van der Waals surface area contributed by atoms with E-state index in [0.717, 1.165) is 19.3 Å². The van der Waals surface area contributed by atoms with Crippen molar-refractivity contribution < 1.29 is 14.7 Å². The van der Waals surface area contributed by atoms with Crippen LogP contribution in [0.4, 0.5) is 0 Å². The minimum absolute atomic E-state index is 0.0363. The van der Waals surface area contributed by atoms with Crippen LogP contribution in [0.2, 0.25) is 0 Å². The number of allylic oxidation sites excluding steroid dienone is 2. The van der Waals surface area contributed by atoms with Gasteiger partial charge in [0.25, 0.3) is 0 Å². The minimum atomic E-state index is -0.815. The molecule has 4 nitrogen and oxygen atoms in total. The van der Waals surface area contributed by atoms with Gasteiger partial charge in [-0.25, -0.2) is 0 Å². The Morgan fingerprint density at radius 1 is 1.39 bits per heavy atom. The first-order valence-electron chi connectivity index (χ1n) is 6.80. The van der Waals surface area contributed by atoms with E-state index in [-0.39, 0.29) is 18.4 Å². The zero-order chi connectivity index (χ0) is 13.1. The molecule has 0 aromatic carbocycles. The summed E-state index contributed by atoms with van der Waals surface area (Å²) in [6.45, 7) is 2.22. The van der Waals surface area contributed by atoms with E-state index in [4.69, 9.17) is 5.11 Å². The van der Waals surface area contributed by atoms with Crippen LogP contribution < -0.4 is 5.32 Å². The van der Waals surface area contributed by atoms with Gasteiger partial charge >= 0.3 is 5.97 Å². The van der Waals surface area contributed by atoms with Crippen molar-refractivity contribution in [3.8, 4) is 0 Å². The Labute approximate surface area is 107 Å². The summed E-state index contributed by atoms with van der Waals surface area (Å²) in [6.07, 6.45) is 7.80. The Balaban J connectivity index is 1.81. The van der Waals surface area contributed by atoms with Crippen LogP contribution in [0.3, 0.4) is 0 Å². The molecule has 1 amide bonds. The molecule has 0 saturated heterocycles. The van der Waals surface area contributed by atoms with Gasteiger partial charge in [-0.1, -0.05) is 25.5 Å². The summed E-state index contributed by atoms with van der Waals surface area (Å²) in [5.74, 6) is -0.218. The van der Waals surface area contributed by atoms with Gasteiger partial charge in [0.05, 0.1) is 5.92 Å². The summed E-state index contributed by atoms with van der Waals surface area (Å²) in [5.41, 5.74) is 0. The predicted octanol–water partition coefficient (Wildman–Crippen LogP) is 1.82. The van der Waals surface area contributed by atoms with Crippen molar-refractivity contribution in [1.29, 1.82) is 0 Å². The van der Waals surface area contributed by atoms with Gasteiger partial charge in [-0.05, 0) is 31.1 Å². The average molecular weight is 251 g/mol. The van der Waals surface area contributed by atoms with Gasteiger partial charge in [-0.3, -0.25) is 9.59 Å². The van der Waals surface area contributed by atoms with Crippen LogP contribution in [0.1, 0.15) is 32.6 Å². The van der Waals surface area contributed by atoms with E-state index in [0.29, 0.717) is 18.3 Å². The van der Waals surface area contributed by atoms with Crippen molar-refractivity contribution in [2.45, 2.75) is 32.6 Å². The molecule has 2 bridgehead atoms. The van der Waals surface area contributed by atoms with E-state index >= 15 is 0 Å². The number of amides is 1. The highest BCUT2D eigenvalue weighted by atomic mass is 16.4. The van der Waals surface area contributed by atoms with E-state index in [9.17, 15) is 9.59 Å². The molecule has 0 aromatic heterocycles. The van der Waals surface area contributed by atoms with Crippen LogP contribution in [0, 0.1) is 23.7 Å². The molecule has 18 heavy (non-hydrogen) atoms. The highest BCUT2D eigenvalue weighted by Gasteiger charge is 2.39. The number of hydrogen-bond acceptors (Lipinski definition) is 2. The van der Waals surface area contributed by atoms with Crippen LogP contribution >= 0.6 is 0 Å². The molecule has 0 heterocycles. The van der Waals surface area contributed by atoms with Crippen LogP contribution in [0.25, 0.3) is 0 Å². The lowest BCUT2D eigenvalue weighted by Crippen LogP contribution is -2.38. The summed E-state index contributed by atoms with van der Waals surface area (Å²) >= 11 is 0. The Morgan fingerprint density at radius 3 is 2.67 bits per heavy atom. The standard InChI is InChI=1S/C14H21NO3/c1-2-3-11(14(17)18)8-15-13(16)12-7-9-4-5-10(12)6-9/h4-5,9-12H,2-3,6-8H2,1H3,(H,15,16)(H,17,18). The lowest BCUT2D eigenvalue weighted by molar-refractivity contribution is -0.142. The van der Waals surface area contributed by atoms with Gasteiger partial charge in [0.1, 0.15) is 0 Å². The lowest BCUT2D eigenvalue weighted by atomic mass is 9.92. The van der Waals surface area contributed by atoms with Crippen LogP contribution in [-0.4, -0.2) is 23.5 Å². The van der Waals surface area contributed by atoms with Crippen molar-refractivity contribution in [2.24, 2.45) is 23.7 Å². The first-order valence-corrected chi connectivity index (χ1v) is 6.80. The molecule has 4 unspecified atom stereocenters. The average Bonchev–Trinajstić information content (AvgIpc) is 2.95. The molecule has 1 saturated carbocycles. The second-order valence-corrected chi connectivity index (χ2v) is 5.46. The van der Waals surface area contributed by atoms with E-state index in [1.165, 1.54) is 0 Å². The van der Waals surface area contributed by atoms with Gasteiger partial charge in [0, 0.05) is 12.5 Å². The molecule has 0 radical (unpaired) electrons. The van der Waals surface area contributed by atoms with Gasteiger partial charge in [0.2, 0.25) is 5.91 Å². The number of carboxylic acids is 1. The van der Waals surface area contributed by atoms with Crippen molar-refractivity contribution in [3.63, 3.8) is 0 Å². The summed E-state index contributed by atoms with van der Waals surface area (Å²) in [4.78, 5) is 23.0. The second-order valence-electron chi connectivity index (χ2n) is 5.46. The highest BCUT2D eigenvalue weighted by Crippen LogP contribution is 2.43.